The summed E-state index contributed by atoms with van der Waals surface area (Å²) in [4.78, 5) is 24.8. The van der Waals surface area contributed by atoms with Gasteiger partial charge in [-0.05, 0) is 43.1 Å². The van der Waals surface area contributed by atoms with Gasteiger partial charge in [0.05, 0.1) is 11.7 Å². The number of rotatable bonds is 3. The van der Waals surface area contributed by atoms with Crippen LogP contribution in [0.15, 0.2) is 11.8 Å². The zero-order chi connectivity index (χ0) is 15.7. The smallest absolute Gasteiger partial charge is 0.352 e. The van der Waals surface area contributed by atoms with Crippen molar-refractivity contribution < 1.29 is 23.1 Å². The molecule has 4 rings (SSSR count). The number of aliphatic carboxylic acids is 1. The van der Waals surface area contributed by atoms with Crippen molar-refractivity contribution in [2.45, 2.75) is 37.5 Å². The first-order chi connectivity index (χ1) is 10.4. The molecule has 0 aromatic carbocycles. The van der Waals surface area contributed by atoms with Crippen LogP contribution in [0.3, 0.4) is 0 Å². The molecule has 2 saturated carbocycles. The fourth-order valence-corrected chi connectivity index (χ4v) is 6.50. The van der Waals surface area contributed by atoms with E-state index in [0.717, 1.165) is 43.1 Å². The average Bonchev–Trinajstić information content (AvgIpc) is 3.02. The number of sulfone groups is 1. The highest BCUT2D eigenvalue weighted by atomic mass is 32.2. The lowest BCUT2D eigenvalue weighted by atomic mass is 9.72. The van der Waals surface area contributed by atoms with Crippen LogP contribution in [-0.2, 0) is 19.4 Å². The molecule has 2 heterocycles. The van der Waals surface area contributed by atoms with Gasteiger partial charge in [0.25, 0.3) is 0 Å². The summed E-state index contributed by atoms with van der Waals surface area (Å²) >= 11 is 0. The van der Waals surface area contributed by atoms with Gasteiger partial charge >= 0.3 is 5.97 Å². The Balaban J connectivity index is 1.71. The fraction of sp³-hybridized carbons (Fsp3) is 0.667. The van der Waals surface area contributed by atoms with Crippen LogP contribution in [0.25, 0.3) is 0 Å². The van der Waals surface area contributed by atoms with E-state index in [1.165, 1.54) is 0 Å². The van der Waals surface area contributed by atoms with E-state index in [-0.39, 0.29) is 22.8 Å². The number of nitrogens with zero attached hydrogens (tertiary/aromatic N) is 1. The molecule has 1 saturated heterocycles. The summed E-state index contributed by atoms with van der Waals surface area (Å²) in [5.41, 5.74) is -0.480. The SMILES string of the molecule is O=C(O)C1=CCS(=O)(=O)[C@H]2C(C3(C4CCCC4)[CH]C3)C(=O)N12. The minimum atomic E-state index is -3.50. The molecular weight excluding hydrogens is 306 g/mol. The first-order valence-electron chi connectivity index (χ1n) is 7.71. The Morgan fingerprint density at radius 2 is 1.95 bits per heavy atom. The molecule has 1 N–H and O–H groups in total. The molecular formula is C15H18NO5S. The van der Waals surface area contributed by atoms with Gasteiger partial charge in [0.15, 0.2) is 15.2 Å². The topological polar surface area (TPSA) is 91.7 Å². The third kappa shape index (κ3) is 1.68. The molecule has 4 aliphatic rings. The minimum Gasteiger partial charge on any atom is -0.477 e. The lowest BCUT2D eigenvalue weighted by molar-refractivity contribution is -0.157. The molecule has 6 nitrogen and oxygen atoms in total. The molecule has 119 valence electrons. The maximum Gasteiger partial charge on any atom is 0.352 e. The molecule has 22 heavy (non-hydrogen) atoms. The Bertz CT molecular complexity index is 685. The quantitative estimate of drug-likeness (QED) is 0.781. The van der Waals surface area contributed by atoms with Crippen LogP contribution in [0.1, 0.15) is 32.1 Å². The van der Waals surface area contributed by atoms with Gasteiger partial charge in [0, 0.05) is 0 Å². The van der Waals surface area contributed by atoms with E-state index in [2.05, 4.69) is 6.42 Å². The molecule has 3 fully saturated rings. The molecule has 2 unspecified atom stereocenters. The second kappa shape index (κ2) is 4.34. The van der Waals surface area contributed by atoms with E-state index in [4.69, 9.17) is 0 Å². The number of β-lactam (4-membered cyclic amide) rings is 1. The first-order valence-corrected chi connectivity index (χ1v) is 9.42. The van der Waals surface area contributed by atoms with Crippen LogP contribution >= 0.6 is 0 Å². The van der Waals surface area contributed by atoms with Crippen molar-refractivity contribution in [2.24, 2.45) is 17.3 Å². The predicted octanol–water partition coefficient (Wildman–Crippen LogP) is 0.952. The highest BCUT2D eigenvalue weighted by molar-refractivity contribution is 7.92. The Hall–Kier alpha value is -1.37. The largest absolute Gasteiger partial charge is 0.477 e. The van der Waals surface area contributed by atoms with Gasteiger partial charge in [-0.25, -0.2) is 13.2 Å². The Labute approximate surface area is 129 Å². The number of hydrogen-bond donors (Lipinski definition) is 1. The van der Waals surface area contributed by atoms with E-state index < -0.39 is 27.1 Å². The van der Waals surface area contributed by atoms with Gasteiger partial charge in [-0.3, -0.25) is 9.69 Å². The van der Waals surface area contributed by atoms with Gasteiger partial charge in [0.1, 0.15) is 5.70 Å². The summed E-state index contributed by atoms with van der Waals surface area (Å²) in [5.74, 6) is -2.06. The minimum absolute atomic E-state index is 0.178. The first kappa shape index (κ1) is 14.2. The van der Waals surface area contributed by atoms with Crippen molar-refractivity contribution in [3.63, 3.8) is 0 Å². The second-order valence-corrected chi connectivity index (χ2v) is 8.94. The van der Waals surface area contributed by atoms with Crippen molar-refractivity contribution in [1.29, 1.82) is 0 Å². The maximum absolute atomic E-state index is 12.6. The van der Waals surface area contributed by atoms with Crippen LogP contribution in [0.5, 0.6) is 0 Å². The van der Waals surface area contributed by atoms with Gasteiger partial charge in [-0.15, -0.1) is 0 Å². The molecule has 3 atom stereocenters. The zero-order valence-corrected chi connectivity index (χ0v) is 12.9. The Morgan fingerprint density at radius 3 is 2.50 bits per heavy atom. The van der Waals surface area contributed by atoms with Crippen LogP contribution < -0.4 is 0 Å². The van der Waals surface area contributed by atoms with Crippen molar-refractivity contribution in [1.82, 2.24) is 4.90 Å². The van der Waals surface area contributed by atoms with E-state index >= 15 is 0 Å². The predicted molar refractivity (Wildman–Crippen MR) is 76.9 cm³/mol. The zero-order valence-electron chi connectivity index (χ0n) is 12.1. The van der Waals surface area contributed by atoms with E-state index in [0.29, 0.717) is 5.92 Å². The van der Waals surface area contributed by atoms with Crippen molar-refractivity contribution >= 4 is 21.7 Å². The number of amides is 1. The van der Waals surface area contributed by atoms with Crippen LogP contribution in [0.4, 0.5) is 0 Å². The average molecular weight is 324 g/mol. The summed E-state index contributed by atoms with van der Waals surface area (Å²) in [6.07, 6.45) is 8.33. The van der Waals surface area contributed by atoms with E-state index in [1.807, 2.05) is 0 Å². The summed E-state index contributed by atoms with van der Waals surface area (Å²) in [7, 11) is -3.50. The lowest BCUT2D eigenvalue weighted by Gasteiger charge is -2.52. The van der Waals surface area contributed by atoms with Crippen LogP contribution in [0.2, 0.25) is 0 Å². The molecule has 1 amide bonds. The molecule has 0 aromatic heterocycles. The van der Waals surface area contributed by atoms with Crippen molar-refractivity contribution in [3.8, 4) is 0 Å². The van der Waals surface area contributed by atoms with Crippen molar-refractivity contribution in [3.05, 3.63) is 18.2 Å². The number of carboxylic acid groups (broad SMARTS) is 1. The van der Waals surface area contributed by atoms with E-state index in [9.17, 15) is 23.1 Å². The molecule has 0 spiro atoms. The summed E-state index contributed by atoms with van der Waals surface area (Å²) in [6, 6.07) is 0. The standard InChI is InChI=1S/C15H18NO5S/c17-12-11(15(6-7-15)9-3-1-2-4-9)13-16(12)10(14(18)19)5-8-22(13,20)21/h5-6,9,11,13H,1-4,7-8H2,(H,18,19)/t11?,13-,15?/m0/s1. The summed E-state index contributed by atoms with van der Waals surface area (Å²) in [6.45, 7) is 0. The van der Waals surface area contributed by atoms with Gasteiger partial charge in [0.2, 0.25) is 5.91 Å². The van der Waals surface area contributed by atoms with E-state index in [1.54, 1.807) is 0 Å². The van der Waals surface area contributed by atoms with Gasteiger partial charge in [-0.1, -0.05) is 12.8 Å². The van der Waals surface area contributed by atoms with Crippen LogP contribution in [-0.4, -0.2) is 41.4 Å². The highest BCUT2D eigenvalue weighted by Gasteiger charge is 2.70. The number of carbonyl (C=O) groups excluding carboxylic acids is 1. The summed E-state index contributed by atoms with van der Waals surface area (Å²) in [5, 5.41) is 8.22. The van der Waals surface area contributed by atoms with Crippen molar-refractivity contribution in [2.75, 3.05) is 5.75 Å². The Kier molecular flexibility index (Phi) is 2.81. The maximum atomic E-state index is 12.6. The Morgan fingerprint density at radius 1 is 1.32 bits per heavy atom. The third-order valence-electron chi connectivity index (χ3n) is 5.77. The number of carboxylic acids is 1. The molecule has 0 aromatic rings. The number of fused-ring (bicyclic) bond motifs is 1. The third-order valence-corrected chi connectivity index (χ3v) is 7.62. The number of hydrogen-bond acceptors (Lipinski definition) is 4. The molecule has 1 radical (unpaired) electrons. The monoisotopic (exact) mass is 324 g/mol. The molecule has 2 aliphatic heterocycles. The van der Waals surface area contributed by atoms with Gasteiger partial charge in [-0.2, -0.15) is 0 Å². The van der Waals surface area contributed by atoms with Gasteiger partial charge < -0.3 is 5.11 Å². The second-order valence-electron chi connectivity index (χ2n) is 6.80. The normalized spacial score (nSPS) is 35.5. The fourth-order valence-electron chi connectivity index (χ4n) is 4.59. The highest BCUT2D eigenvalue weighted by Crippen LogP contribution is 2.65. The molecule has 0 bridgehead atoms. The number of carbonyl (C=O) groups is 2. The summed E-state index contributed by atoms with van der Waals surface area (Å²) < 4.78 is 24.8. The van der Waals surface area contributed by atoms with Crippen LogP contribution in [0, 0.1) is 23.7 Å². The molecule has 2 aliphatic carbocycles. The molecule has 7 heteroatoms. The lowest BCUT2D eigenvalue weighted by Crippen LogP contribution is -2.69.